The van der Waals surface area contributed by atoms with Crippen LogP contribution in [0.25, 0.3) is 0 Å². The molecule has 0 bridgehead atoms. The summed E-state index contributed by atoms with van der Waals surface area (Å²) in [7, 11) is 0. The normalized spacial score (nSPS) is 28.7. The van der Waals surface area contributed by atoms with E-state index in [1.165, 1.54) is 29.5 Å². The number of carbonyl (C=O) groups is 1. The van der Waals surface area contributed by atoms with Gasteiger partial charge in [-0.3, -0.25) is 4.79 Å². The molecule has 1 heteroatoms. The second kappa shape index (κ2) is 3.93. The molecule has 1 aromatic carbocycles. The predicted octanol–water partition coefficient (Wildman–Crippen LogP) is 3.88. The highest BCUT2D eigenvalue weighted by molar-refractivity contribution is 6.06. The van der Waals surface area contributed by atoms with Gasteiger partial charge in [0.2, 0.25) is 0 Å². The molecule has 3 aliphatic rings. The number of ketones is 1. The van der Waals surface area contributed by atoms with Gasteiger partial charge >= 0.3 is 0 Å². The molecule has 3 aliphatic carbocycles. The third-order valence-corrected chi connectivity index (χ3v) is 5.11. The van der Waals surface area contributed by atoms with Crippen LogP contribution in [0.3, 0.4) is 0 Å². The number of hydrogen-bond acceptors (Lipinski definition) is 1. The zero-order chi connectivity index (χ0) is 12.9. The molecule has 1 nitrogen and oxygen atoms in total. The lowest BCUT2D eigenvalue weighted by atomic mass is 9.66. The van der Waals surface area contributed by atoms with E-state index >= 15 is 0 Å². The SMILES string of the molecule is O=C1C=CC2(CCc3ccccc32)C2=C1CCCC2. The smallest absolute Gasteiger partial charge is 0.181 e. The molecule has 0 N–H and O–H groups in total. The molecule has 1 atom stereocenters. The lowest BCUT2D eigenvalue weighted by Crippen LogP contribution is -2.31. The fourth-order valence-electron chi connectivity index (χ4n) is 4.22. The van der Waals surface area contributed by atoms with Gasteiger partial charge in [0.25, 0.3) is 0 Å². The molecule has 0 radical (unpaired) electrons. The van der Waals surface area contributed by atoms with E-state index < -0.39 is 0 Å². The summed E-state index contributed by atoms with van der Waals surface area (Å²) in [5.41, 5.74) is 5.55. The van der Waals surface area contributed by atoms with Crippen molar-refractivity contribution in [1.82, 2.24) is 0 Å². The van der Waals surface area contributed by atoms with Gasteiger partial charge in [-0.05, 0) is 66.9 Å². The number of carbonyl (C=O) groups excluding carboxylic acids is 1. The standard InChI is InChI=1S/C18H18O/c19-17-10-12-18(16-8-4-2-6-14(16)17)11-9-13-5-1-3-7-15(13)18/h1,3,5,7,10,12H,2,4,6,8-9,11H2. The van der Waals surface area contributed by atoms with E-state index in [1.807, 2.05) is 6.08 Å². The van der Waals surface area contributed by atoms with Crippen molar-refractivity contribution < 1.29 is 4.79 Å². The van der Waals surface area contributed by atoms with Crippen LogP contribution in [0.1, 0.15) is 43.2 Å². The number of allylic oxidation sites excluding steroid dienone is 4. The molecule has 0 aliphatic heterocycles. The third-order valence-electron chi connectivity index (χ3n) is 5.11. The van der Waals surface area contributed by atoms with Gasteiger partial charge in [-0.2, -0.15) is 0 Å². The Kier molecular flexibility index (Phi) is 2.32. The number of aryl methyl sites for hydroxylation is 1. The molecule has 19 heavy (non-hydrogen) atoms. The van der Waals surface area contributed by atoms with Gasteiger partial charge in [0.1, 0.15) is 0 Å². The van der Waals surface area contributed by atoms with Gasteiger partial charge < -0.3 is 0 Å². The van der Waals surface area contributed by atoms with Gasteiger partial charge in [0.05, 0.1) is 0 Å². The van der Waals surface area contributed by atoms with Crippen molar-refractivity contribution in [3.63, 3.8) is 0 Å². The van der Waals surface area contributed by atoms with Crippen LogP contribution in [0.5, 0.6) is 0 Å². The molecule has 4 rings (SSSR count). The van der Waals surface area contributed by atoms with Crippen molar-refractivity contribution >= 4 is 5.78 Å². The molecule has 0 amide bonds. The van der Waals surface area contributed by atoms with Crippen molar-refractivity contribution in [1.29, 1.82) is 0 Å². The minimum Gasteiger partial charge on any atom is -0.290 e. The first kappa shape index (κ1) is 11.2. The van der Waals surface area contributed by atoms with Crippen molar-refractivity contribution in [2.45, 2.75) is 43.9 Å². The lowest BCUT2D eigenvalue weighted by Gasteiger charge is -2.37. The van der Waals surface area contributed by atoms with Gasteiger partial charge in [-0.1, -0.05) is 30.3 Å². The summed E-state index contributed by atoms with van der Waals surface area (Å²) in [6, 6.07) is 8.78. The largest absolute Gasteiger partial charge is 0.290 e. The Morgan fingerprint density at radius 1 is 1.00 bits per heavy atom. The van der Waals surface area contributed by atoms with Gasteiger partial charge in [0, 0.05) is 5.41 Å². The molecule has 1 spiro atoms. The maximum atomic E-state index is 12.1. The molecule has 0 heterocycles. The number of hydrogen-bond donors (Lipinski definition) is 0. The summed E-state index contributed by atoms with van der Waals surface area (Å²) in [4.78, 5) is 12.1. The fraction of sp³-hybridized carbons (Fsp3) is 0.389. The molecule has 0 aromatic heterocycles. The first-order valence-electron chi connectivity index (χ1n) is 7.36. The summed E-state index contributed by atoms with van der Waals surface area (Å²) in [5.74, 6) is 0.268. The highest BCUT2D eigenvalue weighted by Crippen LogP contribution is 2.51. The molecular weight excluding hydrogens is 232 g/mol. The van der Waals surface area contributed by atoms with Gasteiger partial charge in [-0.15, -0.1) is 0 Å². The average molecular weight is 250 g/mol. The fourth-order valence-corrected chi connectivity index (χ4v) is 4.22. The average Bonchev–Trinajstić information content (AvgIpc) is 2.84. The zero-order valence-corrected chi connectivity index (χ0v) is 11.1. The Labute approximate surface area is 114 Å². The monoisotopic (exact) mass is 250 g/mol. The van der Waals surface area contributed by atoms with Crippen molar-refractivity contribution in [3.05, 3.63) is 58.7 Å². The molecule has 0 saturated heterocycles. The maximum Gasteiger partial charge on any atom is 0.181 e. The van der Waals surface area contributed by atoms with E-state index in [0.29, 0.717) is 0 Å². The topological polar surface area (TPSA) is 17.1 Å². The van der Waals surface area contributed by atoms with E-state index in [-0.39, 0.29) is 11.2 Å². The Morgan fingerprint density at radius 2 is 1.84 bits per heavy atom. The van der Waals surface area contributed by atoms with Crippen LogP contribution in [0.15, 0.2) is 47.6 Å². The van der Waals surface area contributed by atoms with Crippen LogP contribution in [0.2, 0.25) is 0 Å². The number of fused-ring (bicyclic) bond motifs is 3. The van der Waals surface area contributed by atoms with Crippen LogP contribution in [-0.2, 0) is 16.6 Å². The zero-order valence-electron chi connectivity index (χ0n) is 11.1. The van der Waals surface area contributed by atoms with E-state index in [2.05, 4.69) is 30.3 Å². The van der Waals surface area contributed by atoms with E-state index in [1.54, 1.807) is 0 Å². The summed E-state index contributed by atoms with van der Waals surface area (Å²) >= 11 is 0. The van der Waals surface area contributed by atoms with E-state index in [0.717, 1.165) is 31.3 Å². The molecular formula is C18H18O. The number of benzene rings is 1. The van der Waals surface area contributed by atoms with Crippen LogP contribution in [0.4, 0.5) is 0 Å². The first-order chi connectivity index (χ1) is 9.31. The highest BCUT2D eigenvalue weighted by Gasteiger charge is 2.43. The quantitative estimate of drug-likeness (QED) is 0.683. The summed E-state index contributed by atoms with van der Waals surface area (Å²) in [6.07, 6.45) is 10.8. The summed E-state index contributed by atoms with van der Waals surface area (Å²) < 4.78 is 0. The predicted molar refractivity (Wildman–Crippen MR) is 76.1 cm³/mol. The minimum absolute atomic E-state index is 0.0558. The molecule has 0 fully saturated rings. The summed E-state index contributed by atoms with van der Waals surface area (Å²) in [5, 5.41) is 0. The van der Waals surface area contributed by atoms with Crippen molar-refractivity contribution in [3.8, 4) is 0 Å². The van der Waals surface area contributed by atoms with Crippen molar-refractivity contribution in [2.75, 3.05) is 0 Å². The summed E-state index contributed by atoms with van der Waals surface area (Å²) in [6.45, 7) is 0. The van der Waals surface area contributed by atoms with Gasteiger partial charge in [0.15, 0.2) is 5.78 Å². The van der Waals surface area contributed by atoms with E-state index in [4.69, 9.17) is 0 Å². The number of rotatable bonds is 0. The first-order valence-corrected chi connectivity index (χ1v) is 7.36. The molecule has 0 saturated carbocycles. The van der Waals surface area contributed by atoms with Crippen LogP contribution in [-0.4, -0.2) is 5.78 Å². The van der Waals surface area contributed by atoms with Crippen LogP contribution in [0, 0.1) is 0 Å². The second-order valence-corrected chi connectivity index (χ2v) is 5.99. The van der Waals surface area contributed by atoms with E-state index in [9.17, 15) is 4.79 Å². The van der Waals surface area contributed by atoms with Crippen LogP contribution >= 0.6 is 0 Å². The maximum absolute atomic E-state index is 12.1. The van der Waals surface area contributed by atoms with Gasteiger partial charge in [-0.25, -0.2) is 0 Å². The van der Waals surface area contributed by atoms with Crippen molar-refractivity contribution in [2.24, 2.45) is 0 Å². The Bertz CT molecular complexity index is 620. The Morgan fingerprint density at radius 3 is 2.79 bits per heavy atom. The Balaban J connectivity index is 1.94. The molecule has 96 valence electrons. The highest BCUT2D eigenvalue weighted by atomic mass is 16.1. The molecule has 1 aromatic rings. The molecule has 1 unspecified atom stereocenters. The second-order valence-electron chi connectivity index (χ2n) is 5.99. The third kappa shape index (κ3) is 1.44. The van der Waals surface area contributed by atoms with Crippen LogP contribution < -0.4 is 0 Å². The lowest BCUT2D eigenvalue weighted by molar-refractivity contribution is -0.111. The minimum atomic E-state index is 0.0558. The Hall–Kier alpha value is -1.63.